The van der Waals surface area contributed by atoms with Crippen LogP contribution in [0.5, 0.6) is 0 Å². The lowest BCUT2D eigenvalue weighted by Gasteiger charge is -2.15. The highest BCUT2D eigenvalue weighted by atomic mass is 19.2. The van der Waals surface area contributed by atoms with Gasteiger partial charge >= 0.3 is 0 Å². The average molecular weight is 1330 g/mol. The Balaban J connectivity index is 0.000000389. The molecule has 6 atom stereocenters. The molecule has 516 valence electrons. The number of fused-ring (bicyclic) bond motifs is 1. The van der Waals surface area contributed by atoms with Crippen molar-refractivity contribution in [2.45, 2.75) is 173 Å². The van der Waals surface area contributed by atoms with Crippen LogP contribution >= 0.6 is 0 Å². The third kappa shape index (κ3) is 34.7. The first-order valence-electron chi connectivity index (χ1n) is 31.1. The number of hydrogen-bond donors (Lipinski definition) is 2. The maximum absolute atomic E-state index is 13.0. The molecular formula is C74H91F10NO9. The topological polar surface area (TPSA) is 125 Å². The van der Waals surface area contributed by atoms with E-state index in [-0.39, 0.29) is 69.5 Å². The van der Waals surface area contributed by atoms with Gasteiger partial charge in [-0.15, -0.1) is 39.5 Å². The summed E-state index contributed by atoms with van der Waals surface area (Å²) < 4.78 is 156. The molecule has 0 spiro atoms. The lowest BCUT2D eigenvalue weighted by atomic mass is 10.1. The highest BCUT2D eigenvalue weighted by Gasteiger charge is 2.35. The minimum atomic E-state index is -0.901. The molecule has 0 bridgehead atoms. The van der Waals surface area contributed by atoms with E-state index in [1.54, 1.807) is 30.4 Å². The molecule has 0 saturated heterocycles. The van der Waals surface area contributed by atoms with Crippen LogP contribution < -0.4 is 0 Å². The molecule has 10 nitrogen and oxygen atoms in total. The number of rotatable bonds is 35. The number of aliphatic hydroxyl groups is 2. The summed E-state index contributed by atoms with van der Waals surface area (Å²) in [6.07, 6.45) is 21.2. The van der Waals surface area contributed by atoms with Crippen LogP contribution in [0.15, 0.2) is 172 Å². The van der Waals surface area contributed by atoms with Gasteiger partial charge in [0.05, 0.1) is 75.4 Å². The van der Waals surface area contributed by atoms with Gasteiger partial charge in [0.15, 0.2) is 58.2 Å². The molecule has 7 rings (SSSR count). The van der Waals surface area contributed by atoms with Gasteiger partial charge in [-0.3, -0.25) is 0 Å². The van der Waals surface area contributed by atoms with Crippen LogP contribution in [0.1, 0.15) is 132 Å². The van der Waals surface area contributed by atoms with Gasteiger partial charge in [-0.05, 0) is 153 Å². The van der Waals surface area contributed by atoms with Crippen molar-refractivity contribution in [1.82, 2.24) is 0 Å². The van der Waals surface area contributed by atoms with Crippen LogP contribution in [0.25, 0.3) is 0 Å². The van der Waals surface area contributed by atoms with E-state index in [0.717, 1.165) is 112 Å². The predicted octanol–water partition coefficient (Wildman–Crippen LogP) is 18.4. The zero-order chi connectivity index (χ0) is 69.6. The van der Waals surface area contributed by atoms with Crippen molar-refractivity contribution in [3.8, 4) is 0 Å². The summed E-state index contributed by atoms with van der Waals surface area (Å²) in [7, 11) is 0. The van der Waals surface area contributed by atoms with E-state index in [4.69, 9.17) is 38.7 Å². The molecule has 1 fully saturated rings. The largest absolute Gasteiger partial charge is 0.396 e. The molecule has 1 aliphatic carbocycles. The van der Waals surface area contributed by atoms with E-state index in [1.165, 1.54) is 42.5 Å². The number of ether oxygens (including phenoxy) is 5. The van der Waals surface area contributed by atoms with E-state index < -0.39 is 58.2 Å². The molecule has 2 aliphatic rings. The summed E-state index contributed by atoms with van der Waals surface area (Å²) in [6, 6.07) is 18.7. The molecule has 6 unspecified atom stereocenters. The Morgan fingerprint density at radius 3 is 1.12 bits per heavy atom. The number of aldehydes is 1. The van der Waals surface area contributed by atoms with Crippen molar-refractivity contribution in [3.05, 3.63) is 253 Å². The van der Waals surface area contributed by atoms with E-state index >= 15 is 0 Å². The Bertz CT molecular complexity index is 2890. The minimum absolute atomic E-state index is 0.0156. The summed E-state index contributed by atoms with van der Waals surface area (Å²) in [4.78, 5) is 15.4. The van der Waals surface area contributed by atoms with E-state index in [0.29, 0.717) is 85.7 Å². The van der Waals surface area contributed by atoms with Crippen LogP contribution in [0, 0.1) is 64.1 Å². The number of nitrogens with zero attached hydrogens (tertiary/aromatic N) is 1. The number of hydrogen-bond acceptors (Lipinski definition) is 10. The zero-order valence-electron chi connectivity index (χ0n) is 53.8. The number of carbonyl (C=O) groups excluding carboxylic acids is 1. The predicted molar refractivity (Wildman–Crippen MR) is 348 cm³/mol. The molecule has 0 aromatic heterocycles. The standard InChI is InChI=1S/C14H18F2O.C14H16F2O.C13H13F2NO2.C13H16F2O2.C13H14F2O2.C7H14O/c2*1-3-5-12(6-4-2)17-10-11-7-8-13(15)14(16)9-11;14-11-2-1-8(3-12(11)15)6-17-10-4-9-7-18-16-13(9)5-10;2*1-2-3-11(6-7-16)17-9-10-4-5-12(14)13(15)8-10;1-3-5-7(8)6-4-2/h3,7-9,12H,1,4-6,10H2,2H3;3-4,7-9,12H,1-2,5-6,10H2;1-3,9-10H,4-7H2;2,4-5,8,11,16H,1,3,6-7,9H2;2,4-5,7-8,11H,1,3,6,9H2;3,7-8H,1,4-6H2,2H3. The van der Waals surface area contributed by atoms with Crippen LogP contribution in [0.3, 0.4) is 0 Å². The Morgan fingerprint density at radius 2 is 0.798 bits per heavy atom. The summed E-state index contributed by atoms with van der Waals surface area (Å²) >= 11 is 0. The first-order chi connectivity index (χ1) is 45.2. The molecular weight excluding hydrogens is 1240 g/mol. The first kappa shape index (κ1) is 82.8. The van der Waals surface area contributed by atoms with Crippen molar-refractivity contribution in [2.75, 3.05) is 13.2 Å². The van der Waals surface area contributed by atoms with Gasteiger partial charge < -0.3 is 43.5 Å². The van der Waals surface area contributed by atoms with Gasteiger partial charge in [-0.1, -0.05) is 98.6 Å². The lowest BCUT2D eigenvalue weighted by molar-refractivity contribution is -0.110. The summed E-state index contributed by atoms with van der Waals surface area (Å²) in [6.45, 7) is 27.6. The van der Waals surface area contributed by atoms with Crippen molar-refractivity contribution in [1.29, 1.82) is 0 Å². The van der Waals surface area contributed by atoms with Gasteiger partial charge in [0.2, 0.25) is 0 Å². The molecule has 1 saturated carbocycles. The van der Waals surface area contributed by atoms with Gasteiger partial charge in [-0.2, -0.15) is 0 Å². The van der Waals surface area contributed by atoms with Crippen LogP contribution in [-0.4, -0.2) is 72.0 Å². The second-order valence-corrected chi connectivity index (χ2v) is 21.7. The Kier molecular flexibility index (Phi) is 43.4. The number of benzene rings is 5. The second-order valence-electron chi connectivity index (χ2n) is 21.7. The second kappa shape index (κ2) is 49.3. The Morgan fingerprint density at radius 1 is 0.468 bits per heavy atom. The SMILES string of the molecule is C=CCC(CC=C)OCc1ccc(F)c(F)c1.C=CCC(CC=O)OCc1ccc(F)c(F)c1.C=CCC(CCC)OCc1ccc(F)c(F)c1.C=CCC(CCO)OCc1ccc(F)c(F)c1.C=CCC(O)CCC.Fc1ccc(COC2CC3=NOCC3C2)cc1F. The van der Waals surface area contributed by atoms with Crippen molar-refractivity contribution < 1.29 is 87.4 Å². The average Bonchev–Trinajstić information content (AvgIpc) is 1.70. The Hall–Kier alpha value is -7.30. The van der Waals surface area contributed by atoms with Gasteiger partial charge in [0.1, 0.15) is 12.9 Å². The van der Waals surface area contributed by atoms with Crippen LogP contribution in [-0.2, 0) is 66.4 Å². The monoisotopic (exact) mass is 1330 g/mol. The third-order valence-corrected chi connectivity index (χ3v) is 13.9. The Labute approximate surface area is 548 Å². The fourth-order valence-corrected chi connectivity index (χ4v) is 8.92. The highest BCUT2D eigenvalue weighted by molar-refractivity contribution is 5.89. The number of halogens is 10. The normalized spacial score (nSPS) is 14.6. The van der Waals surface area contributed by atoms with Gasteiger partial charge in [0, 0.05) is 25.4 Å². The van der Waals surface area contributed by atoms with Gasteiger partial charge in [-0.25, -0.2) is 43.9 Å². The third-order valence-electron chi connectivity index (χ3n) is 13.9. The molecule has 0 amide bonds. The highest BCUT2D eigenvalue weighted by Crippen LogP contribution is 2.30. The number of aliphatic hydroxyl groups excluding tert-OH is 2. The van der Waals surface area contributed by atoms with Gasteiger partial charge in [0.25, 0.3) is 0 Å². The molecule has 5 aromatic carbocycles. The number of carbonyl (C=O) groups is 1. The summed E-state index contributed by atoms with van der Waals surface area (Å²) in [5, 5.41) is 21.8. The molecule has 1 heterocycles. The molecule has 20 heteroatoms. The maximum atomic E-state index is 13.0. The molecule has 5 aromatic rings. The van der Waals surface area contributed by atoms with E-state index in [1.807, 2.05) is 6.08 Å². The van der Waals surface area contributed by atoms with Crippen molar-refractivity contribution in [2.24, 2.45) is 11.1 Å². The molecule has 2 N–H and O–H groups in total. The van der Waals surface area contributed by atoms with Crippen molar-refractivity contribution >= 4 is 12.0 Å². The molecule has 94 heavy (non-hydrogen) atoms. The van der Waals surface area contributed by atoms with Crippen molar-refractivity contribution in [3.63, 3.8) is 0 Å². The van der Waals surface area contributed by atoms with E-state index in [2.05, 4.69) is 58.5 Å². The molecule has 1 aliphatic heterocycles. The minimum Gasteiger partial charge on any atom is -0.396 e. The van der Waals surface area contributed by atoms with E-state index in [9.17, 15) is 48.7 Å². The maximum Gasteiger partial charge on any atom is 0.159 e. The zero-order valence-corrected chi connectivity index (χ0v) is 53.8. The first-order valence-corrected chi connectivity index (χ1v) is 31.1. The smallest absolute Gasteiger partial charge is 0.159 e. The quantitative estimate of drug-likeness (QED) is 0.0232. The fraction of sp³-hybridized carbons (Fsp3) is 0.405. The summed E-state index contributed by atoms with van der Waals surface area (Å²) in [5.41, 5.74) is 4.06. The van der Waals surface area contributed by atoms with Crippen LogP contribution in [0.4, 0.5) is 43.9 Å². The van der Waals surface area contributed by atoms with Crippen LogP contribution in [0.2, 0.25) is 0 Å². The molecule has 0 radical (unpaired) electrons. The lowest BCUT2D eigenvalue weighted by Crippen LogP contribution is -2.13. The fourth-order valence-electron chi connectivity index (χ4n) is 8.92. The summed E-state index contributed by atoms with van der Waals surface area (Å²) in [5.74, 6) is -8.19. The number of oxime groups is 1.